The fourth-order valence-corrected chi connectivity index (χ4v) is 2.55. The first-order valence-corrected chi connectivity index (χ1v) is 7.13. The highest BCUT2D eigenvalue weighted by atomic mass is 19.1. The first kappa shape index (κ1) is 14.6. The van der Waals surface area contributed by atoms with Gasteiger partial charge in [-0.2, -0.15) is 0 Å². The third kappa shape index (κ3) is 3.83. The molecule has 4 heteroatoms. The van der Waals surface area contributed by atoms with Crippen molar-refractivity contribution >= 4 is 12.1 Å². The van der Waals surface area contributed by atoms with E-state index in [-0.39, 0.29) is 11.8 Å². The molecule has 1 aliphatic carbocycles. The molecule has 1 aromatic rings. The average molecular weight is 276 g/mol. The molecule has 1 N–H and O–H groups in total. The Morgan fingerprint density at radius 1 is 1.30 bits per heavy atom. The zero-order chi connectivity index (χ0) is 14.4. The van der Waals surface area contributed by atoms with E-state index >= 15 is 0 Å². The normalized spacial score (nSPS) is 16.3. The van der Waals surface area contributed by atoms with E-state index in [1.807, 2.05) is 7.05 Å². The Hall–Kier alpha value is -1.84. The van der Waals surface area contributed by atoms with Gasteiger partial charge in [-0.1, -0.05) is 37.5 Å². The van der Waals surface area contributed by atoms with Crippen molar-refractivity contribution in [3.63, 3.8) is 0 Å². The minimum Gasteiger partial charge on any atom is -0.325 e. The summed E-state index contributed by atoms with van der Waals surface area (Å²) in [5.74, 6) is -0.293. The van der Waals surface area contributed by atoms with E-state index in [4.69, 9.17) is 0 Å². The molecule has 0 aromatic heterocycles. The van der Waals surface area contributed by atoms with E-state index in [1.54, 1.807) is 29.2 Å². The summed E-state index contributed by atoms with van der Waals surface area (Å²) in [7, 11) is 1.82. The number of benzene rings is 1. The highest BCUT2D eigenvalue weighted by Crippen LogP contribution is 2.21. The number of rotatable bonds is 3. The fraction of sp³-hybridized carbons (Fsp3) is 0.438. The second kappa shape index (κ2) is 7.08. The van der Waals surface area contributed by atoms with Crippen LogP contribution in [0.4, 0.5) is 9.18 Å². The number of carbonyl (C=O) groups is 1. The molecule has 2 amide bonds. The van der Waals surface area contributed by atoms with Crippen LogP contribution in [0.25, 0.3) is 6.08 Å². The lowest BCUT2D eigenvalue weighted by Crippen LogP contribution is -2.42. The first-order chi connectivity index (χ1) is 9.68. The highest BCUT2D eigenvalue weighted by Gasteiger charge is 2.21. The van der Waals surface area contributed by atoms with Crippen molar-refractivity contribution in [2.24, 2.45) is 0 Å². The largest absolute Gasteiger partial charge is 0.325 e. The van der Waals surface area contributed by atoms with E-state index in [1.165, 1.54) is 31.5 Å². The SMILES string of the molecule is CN(C(=O)N/C=C/c1ccccc1F)C1CCCCC1. The zero-order valence-electron chi connectivity index (χ0n) is 11.8. The van der Waals surface area contributed by atoms with Crippen LogP contribution in [0.5, 0.6) is 0 Å². The van der Waals surface area contributed by atoms with Crippen LogP contribution in [0.2, 0.25) is 0 Å². The van der Waals surface area contributed by atoms with Gasteiger partial charge in [0.05, 0.1) is 0 Å². The smallest absolute Gasteiger partial charge is 0.321 e. The summed E-state index contributed by atoms with van der Waals surface area (Å²) < 4.78 is 13.4. The number of amides is 2. The van der Waals surface area contributed by atoms with Gasteiger partial charge in [0, 0.05) is 24.9 Å². The van der Waals surface area contributed by atoms with Crippen LogP contribution in [0.1, 0.15) is 37.7 Å². The van der Waals surface area contributed by atoms with E-state index < -0.39 is 0 Å². The third-order valence-corrected chi connectivity index (χ3v) is 3.82. The second-order valence-corrected chi connectivity index (χ2v) is 5.21. The Morgan fingerprint density at radius 2 is 2.00 bits per heavy atom. The van der Waals surface area contributed by atoms with Gasteiger partial charge in [-0.05, 0) is 25.0 Å². The topological polar surface area (TPSA) is 32.3 Å². The monoisotopic (exact) mass is 276 g/mol. The molecular weight excluding hydrogens is 255 g/mol. The summed E-state index contributed by atoms with van der Waals surface area (Å²) in [6.45, 7) is 0. The molecule has 20 heavy (non-hydrogen) atoms. The van der Waals surface area contributed by atoms with Crippen LogP contribution in [0.15, 0.2) is 30.5 Å². The van der Waals surface area contributed by atoms with E-state index in [2.05, 4.69) is 5.32 Å². The van der Waals surface area contributed by atoms with Crippen molar-refractivity contribution in [1.29, 1.82) is 0 Å². The Balaban J connectivity index is 1.86. The lowest BCUT2D eigenvalue weighted by molar-refractivity contribution is 0.177. The Bertz CT molecular complexity index is 481. The van der Waals surface area contributed by atoms with Gasteiger partial charge < -0.3 is 10.2 Å². The molecule has 1 fully saturated rings. The lowest BCUT2D eigenvalue weighted by Gasteiger charge is -2.30. The molecule has 0 atom stereocenters. The predicted molar refractivity (Wildman–Crippen MR) is 78.6 cm³/mol. The number of urea groups is 1. The Kier molecular flexibility index (Phi) is 5.16. The maximum atomic E-state index is 13.4. The summed E-state index contributed by atoms with van der Waals surface area (Å²) in [6, 6.07) is 6.66. The molecule has 2 rings (SSSR count). The van der Waals surface area contributed by atoms with Gasteiger partial charge in [0.15, 0.2) is 0 Å². The number of hydrogen-bond donors (Lipinski definition) is 1. The van der Waals surface area contributed by atoms with Gasteiger partial charge in [0.1, 0.15) is 5.82 Å². The van der Waals surface area contributed by atoms with Crippen molar-refractivity contribution in [1.82, 2.24) is 10.2 Å². The van der Waals surface area contributed by atoms with Crippen molar-refractivity contribution in [3.8, 4) is 0 Å². The number of carbonyl (C=O) groups excluding carboxylic acids is 1. The van der Waals surface area contributed by atoms with Gasteiger partial charge in [-0.15, -0.1) is 0 Å². The number of nitrogens with zero attached hydrogens (tertiary/aromatic N) is 1. The van der Waals surface area contributed by atoms with Crippen LogP contribution in [-0.4, -0.2) is 24.0 Å². The highest BCUT2D eigenvalue weighted by molar-refractivity contribution is 5.76. The summed E-state index contributed by atoms with van der Waals surface area (Å²) in [5.41, 5.74) is 0.466. The molecule has 0 aliphatic heterocycles. The van der Waals surface area contributed by atoms with Crippen LogP contribution >= 0.6 is 0 Å². The van der Waals surface area contributed by atoms with Gasteiger partial charge in [0.25, 0.3) is 0 Å². The molecule has 0 heterocycles. The molecule has 0 spiro atoms. The average Bonchev–Trinajstić information content (AvgIpc) is 2.49. The summed E-state index contributed by atoms with van der Waals surface area (Å²) in [5, 5.41) is 2.70. The molecule has 0 unspecified atom stereocenters. The first-order valence-electron chi connectivity index (χ1n) is 7.13. The van der Waals surface area contributed by atoms with Crippen molar-refractivity contribution in [2.75, 3.05) is 7.05 Å². The molecule has 0 saturated heterocycles. The number of hydrogen-bond acceptors (Lipinski definition) is 1. The van der Waals surface area contributed by atoms with Crippen molar-refractivity contribution in [2.45, 2.75) is 38.1 Å². The minimum atomic E-state index is -0.293. The quantitative estimate of drug-likeness (QED) is 0.895. The van der Waals surface area contributed by atoms with Crippen LogP contribution in [0, 0.1) is 5.82 Å². The van der Waals surface area contributed by atoms with Crippen LogP contribution in [-0.2, 0) is 0 Å². The number of halogens is 1. The summed E-state index contributed by atoms with van der Waals surface area (Å²) in [4.78, 5) is 13.7. The molecule has 1 saturated carbocycles. The lowest BCUT2D eigenvalue weighted by atomic mass is 9.95. The van der Waals surface area contributed by atoms with E-state index in [0.29, 0.717) is 11.6 Å². The van der Waals surface area contributed by atoms with Gasteiger partial charge >= 0.3 is 6.03 Å². The molecule has 0 bridgehead atoms. The molecule has 3 nitrogen and oxygen atoms in total. The van der Waals surface area contributed by atoms with Crippen LogP contribution < -0.4 is 5.32 Å². The van der Waals surface area contributed by atoms with Gasteiger partial charge in [-0.3, -0.25) is 0 Å². The summed E-state index contributed by atoms with van der Waals surface area (Å²) in [6.07, 6.45) is 8.85. The van der Waals surface area contributed by atoms with E-state index in [9.17, 15) is 9.18 Å². The van der Waals surface area contributed by atoms with Crippen molar-refractivity contribution < 1.29 is 9.18 Å². The Morgan fingerprint density at radius 3 is 2.70 bits per heavy atom. The van der Waals surface area contributed by atoms with E-state index in [0.717, 1.165) is 12.8 Å². The summed E-state index contributed by atoms with van der Waals surface area (Å²) >= 11 is 0. The maximum absolute atomic E-state index is 13.4. The standard InChI is InChI=1S/C16H21FN2O/c1-19(14-8-3-2-4-9-14)16(20)18-12-11-13-7-5-6-10-15(13)17/h5-7,10-12,14H,2-4,8-9H2,1H3,(H,18,20)/b12-11+. The fourth-order valence-electron chi connectivity index (χ4n) is 2.55. The molecular formula is C16H21FN2O. The molecule has 1 aliphatic rings. The predicted octanol–water partition coefficient (Wildman–Crippen LogP) is 3.77. The maximum Gasteiger partial charge on any atom is 0.321 e. The van der Waals surface area contributed by atoms with Crippen LogP contribution in [0.3, 0.4) is 0 Å². The number of nitrogens with one attached hydrogen (secondary N) is 1. The molecule has 1 aromatic carbocycles. The van der Waals surface area contributed by atoms with Gasteiger partial charge in [0.2, 0.25) is 0 Å². The van der Waals surface area contributed by atoms with Gasteiger partial charge in [-0.25, -0.2) is 9.18 Å². The Labute approximate surface area is 119 Å². The van der Waals surface area contributed by atoms with Crippen molar-refractivity contribution in [3.05, 3.63) is 41.8 Å². The molecule has 0 radical (unpaired) electrons. The third-order valence-electron chi connectivity index (χ3n) is 3.82. The minimum absolute atomic E-state index is 0.135. The zero-order valence-corrected chi connectivity index (χ0v) is 11.8. The molecule has 108 valence electrons. The second-order valence-electron chi connectivity index (χ2n) is 5.21.